The van der Waals surface area contributed by atoms with Gasteiger partial charge in [-0.2, -0.15) is 0 Å². The van der Waals surface area contributed by atoms with E-state index in [1.54, 1.807) is 55.6 Å². The average Bonchev–Trinajstić information content (AvgIpc) is 3.57. The van der Waals surface area contributed by atoms with Crippen molar-refractivity contribution in [2.24, 2.45) is 35.5 Å². The average molecular weight is 414 g/mol. The van der Waals surface area contributed by atoms with Crippen LogP contribution in [-0.2, 0) is 9.59 Å². The van der Waals surface area contributed by atoms with Crippen molar-refractivity contribution in [2.75, 3.05) is 17.3 Å². The second-order valence-corrected chi connectivity index (χ2v) is 8.90. The van der Waals surface area contributed by atoms with E-state index in [1.165, 1.54) is 4.90 Å². The summed E-state index contributed by atoms with van der Waals surface area (Å²) in [5.41, 5.74) is 1.62. The van der Waals surface area contributed by atoms with Crippen molar-refractivity contribution in [2.45, 2.75) is 6.42 Å². The molecule has 1 saturated heterocycles. The molecule has 5 aliphatic rings. The number of amides is 3. The predicted octanol–water partition coefficient (Wildman–Crippen LogP) is 3.51. The van der Waals surface area contributed by atoms with Crippen LogP contribution in [0.25, 0.3) is 0 Å². The molecule has 1 aliphatic heterocycles. The van der Waals surface area contributed by atoms with Gasteiger partial charge in [0, 0.05) is 17.3 Å². The number of allylic oxidation sites excluding steroid dienone is 2. The smallest absolute Gasteiger partial charge is 0.255 e. The molecule has 2 aromatic carbocycles. The fourth-order valence-electron chi connectivity index (χ4n) is 5.88. The normalized spacial score (nSPS) is 32.0. The van der Waals surface area contributed by atoms with Gasteiger partial charge in [0.05, 0.1) is 24.6 Å². The van der Waals surface area contributed by atoms with Crippen molar-refractivity contribution in [3.63, 3.8) is 0 Å². The van der Waals surface area contributed by atoms with Gasteiger partial charge in [0.15, 0.2) is 0 Å². The zero-order chi connectivity index (χ0) is 21.3. The minimum absolute atomic E-state index is 0.0896. The number of hydrogen-bond donors (Lipinski definition) is 1. The fraction of sp³-hybridized carbons (Fsp3) is 0.320. The number of benzene rings is 2. The number of anilines is 2. The summed E-state index contributed by atoms with van der Waals surface area (Å²) < 4.78 is 5.18. The van der Waals surface area contributed by atoms with E-state index in [4.69, 9.17) is 4.74 Å². The maximum absolute atomic E-state index is 13.2. The number of ether oxygens (including phenoxy) is 1. The largest absolute Gasteiger partial charge is 0.497 e. The number of methoxy groups -OCH3 is 1. The molecule has 1 N–H and O–H groups in total. The van der Waals surface area contributed by atoms with E-state index in [0.29, 0.717) is 34.5 Å². The fourth-order valence-corrected chi connectivity index (χ4v) is 5.88. The van der Waals surface area contributed by atoms with E-state index in [0.717, 1.165) is 6.42 Å². The van der Waals surface area contributed by atoms with E-state index in [9.17, 15) is 14.4 Å². The van der Waals surface area contributed by atoms with Gasteiger partial charge in [-0.25, -0.2) is 0 Å². The van der Waals surface area contributed by atoms with Gasteiger partial charge in [0.25, 0.3) is 5.91 Å². The van der Waals surface area contributed by atoms with E-state index in [2.05, 4.69) is 17.5 Å². The molecule has 0 aromatic heterocycles. The first-order chi connectivity index (χ1) is 15.1. The van der Waals surface area contributed by atoms with E-state index >= 15 is 0 Å². The van der Waals surface area contributed by atoms with Crippen LogP contribution in [0.15, 0.2) is 60.7 Å². The Bertz CT molecular complexity index is 1100. The number of carbonyl (C=O) groups excluding carboxylic acids is 3. The Hall–Kier alpha value is -3.41. The monoisotopic (exact) mass is 414 g/mol. The van der Waals surface area contributed by atoms with Gasteiger partial charge in [-0.05, 0) is 66.5 Å². The van der Waals surface area contributed by atoms with Crippen LogP contribution in [0.4, 0.5) is 11.4 Å². The van der Waals surface area contributed by atoms with Crippen LogP contribution in [0.1, 0.15) is 16.8 Å². The topological polar surface area (TPSA) is 75.7 Å². The molecule has 6 heteroatoms. The molecule has 0 radical (unpaired) electrons. The molecule has 31 heavy (non-hydrogen) atoms. The van der Waals surface area contributed by atoms with Crippen LogP contribution in [0, 0.1) is 35.5 Å². The molecular weight excluding hydrogens is 392 g/mol. The Morgan fingerprint density at radius 3 is 2.23 bits per heavy atom. The van der Waals surface area contributed by atoms with Crippen molar-refractivity contribution in [3.8, 4) is 5.75 Å². The van der Waals surface area contributed by atoms with Crippen molar-refractivity contribution in [3.05, 3.63) is 66.2 Å². The zero-order valence-corrected chi connectivity index (χ0v) is 17.0. The summed E-state index contributed by atoms with van der Waals surface area (Å²) in [7, 11) is 1.57. The zero-order valence-electron chi connectivity index (χ0n) is 17.0. The lowest BCUT2D eigenvalue weighted by molar-refractivity contribution is -0.124. The molecule has 0 unspecified atom stereocenters. The molecule has 7 rings (SSSR count). The van der Waals surface area contributed by atoms with Gasteiger partial charge < -0.3 is 10.1 Å². The van der Waals surface area contributed by atoms with E-state index in [1.807, 2.05) is 0 Å². The standard InChI is InChI=1S/C25H22N2O4/c1-31-16-4-2-3-14(11-16)26-23(28)13-5-7-15(8-6-13)27-24(29)21-17-9-10-18(20-12-19(17)20)22(21)25(27)30/h2-11,17-22H,12H2,1H3,(H,26,28)/t17-,18-,19-,20-,21-,22+/m0/s1. The number of nitrogens with zero attached hydrogens (tertiary/aromatic N) is 1. The molecule has 4 aliphatic carbocycles. The second kappa shape index (κ2) is 6.54. The molecule has 1 heterocycles. The summed E-state index contributed by atoms with van der Waals surface area (Å²) in [6.45, 7) is 0. The summed E-state index contributed by atoms with van der Waals surface area (Å²) in [5.74, 6) is 1.33. The SMILES string of the molecule is COc1cccc(NC(=O)c2ccc(N3C(=O)[C@@H]4[C@H]5C=C[C@@H]([C@@H]6C[C@@H]56)[C@@H]4C3=O)cc2)c1. The Morgan fingerprint density at radius 2 is 1.61 bits per heavy atom. The highest BCUT2D eigenvalue weighted by Crippen LogP contribution is 2.65. The van der Waals surface area contributed by atoms with Gasteiger partial charge in [-0.15, -0.1) is 0 Å². The van der Waals surface area contributed by atoms with Crippen molar-refractivity contribution in [1.82, 2.24) is 0 Å². The second-order valence-electron chi connectivity index (χ2n) is 8.90. The number of nitrogens with one attached hydrogen (secondary N) is 1. The Balaban J connectivity index is 1.22. The minimum atomic E-state index is -0.269. The third-order valence-electron chi connectivity index (χ3n) is 7.38. The highest BCUT2D eigenvalue weighted by molar-refractivity contribution is 6.22. The Morgan fingerprint density at radius 1 is 0.968 bits per heavy atom. The first-order valence-corrected chi connectivity index (χ1v) is 10.7. The quantitative estimate of drug-likeness (QED) is 0.614. The van der Waals surface area contributed by atoms with Crippen molar-refractivity contribution < 1.29 is 19.1 Å². The highest BCUT2D eigenvalue weighted by Gasteiger charge is 2.67. The van der Waals surface area contributed by atoms with Gasteiger partial charge >= 0.3 is 0 Å². The molecule has 2 bridgehead atoms. The van der Waals surface area contributed by atoms with E-state index < -0.39 is 0 Å². The van der Waals surface area contributed by atoms with Gasteiger partial charge in [-0.3, -0.25) is 19.3 Å². The van der Waals surface area contributed by atoms with Crippen LogP contribution in [-0.4, -0.2) is 24.8 Å². The molecule has 2 aromatic rings. The van der Waals surface area contributed by atoms with Crippen LogP contribution in [0.2, 0.25) is 0 Å². The lowest BCUT2D eigenvalue weighted by atomic mass is 9.63. The molecule has 0 spiro atoms. The Kier molecular flexibility index (Phi) is 3.88. The maximum atomic E-state index is 13.2. The maximum Gasteiger partial charge on any atom is 0.255 e. The van der Waals surface area contributed by atoms with Crippen LogP contribution in [0.5, 0.6) is 5.75 Å². The molecular formula is C25H22N2O4. The lowest BCUT2D eigenvalue weighted by Crippen LogP contribution is -2.40. The first-order valence-electron chi connectivity index (χ1n) is 10.7. The number of imide groups is 1. The third kappa shape index (κ3) is 2.67. The molecule has 156 valence electrons. The molecule has 6 atom stereocenters. The summed E-state index contributed by atoms with van der Waals surface area (Å²) in [6, 6.07) is 13.8. The van der Waals surface area contributed by atoms with Gasteiger partial charge in [-0.1, -0.05) is 18.2 Å². The van der Waals surface area contributed by atoms with Crippen molar-refractivity contribution in [1.29, 1.82) is 0 Å². The van der Waals surface area contributed by atoms with Gasteiger partial charge in [0.2, 0.25) is 11.8 Å². The number of carbonyl (C=O) groups is 3. The summed E-state index contributed by atoms with van der Waals surface area (Å²) in [6.07, 6.45) is 5.48. The van der Waals surface area contributed by atoms with Gasteiger partial charge in [0.1, 0.15) is 5.75 Å². The first kappa shape index (κ1) is 18.4. The van der Waals surface area contributed by atoms with E-state index in [-0.39, 0.29) is 41.4 Å². The number of rotatable bonds is 4. The molecule has 6 nitrogen and oxygen atoms in total. The molecule has 2 saturated carbocycles. The molecule has 3 fully saturated rings. The third-order valence-corrected chi connectivity index (χ3v) is 7.38. The molecule has 3 amide bonds. The minimum Gasteiger partial charge on any atom is -0.497 e. The highest BCUT2D eigenvalue weighted by atomic mass is 16.5. The predicted molar refractivity (Wildman–Crippen MR) is 115 cm³/mol. The summed E-state index contributed by atoms with van der Waals surface area (Å²) in [5, 5.41) is 2.84. The van der Waals surface area contributed by atoms with Crippen LogP contribution >= 0.6 is 0 Å². The van der Waals surface area contributed by atoms with Crippen molar-refractivity contribution >= 4 is 29.1 Å². The number of hydrogen-bond acceptors (Lipinski definition) is 4. The lowest BCUT2D eigenvalue weighted by Gasteiger charge is -2.37. The summed E-state index contributed by atoms with van der Waals surface area (Å²) >= 11 is 0. The Labute approximate surface area is 179 Å². The summed E-state index contributed by atoms with van der Waals surface area (Å²) in [4.78, 5) is 40.4. The van der Waals surface area contributed by atoms with Crippen LogP contribution in [0.3, 0.4) is 0 Å². The van der Waals surface area contributed by atoms with Crippen LogP contribution < -0.4 is 15.0 Å².